The van der Waals surface area contributed by atoms with Gasteiger partial charge in [-0.15, -0.1) is 0 Å². The number of cyclic esters (lactones) is 1. The molecule has 1 aliphatic rings. The topological polar surface area (TPSA) is 89.5 Å². The van der Waals surface area contributed by atoms with Gasteiger partial charge in [0.1, 0.15) is 12.0 Å². The molecular formula is C30H22BrNO5. The summed E-state index contributed by atoms with van der Waals surface area (Å²) in [5, 5.41) is 4.42. The van der Waals surface area contributed by atoms with Gasteiger partial charge in [0, 0.05) is 21.3 Å². The first kappa shape index (κ1) is 24.6. The fourth-order valence-electron chi connectivity index (χ4n) is 4.76. The van der Waals surface area contributed by atoms with E-state index in [4.69, 9.17) is 4.74 Å². The predicted octanol–water partition coefficient (Wildman–Crippen LogP) is 6.14. The quantitative estimate of drug-likeness (QED) is 0.133. The third-order valence-electron chi connectivity index (χ3n) is 6.58. The standard InChI is InChI=1S/C30H22BrNO5/c1-16-13-21(31)14-17(2)25(16)32-29(35)27(34)24(28-22-9-5-6-10-23(22)30(36)37-28)26(33)20-12-11-18-7-3-4-8-19(18)15-20/h3-15,24,28H,1-2H3,(H,32,35)/t24-,28-/m1/s1. The highest BCUT2D eigenvalue weighted by atomic mass is 79.9. The Kier molecular flexibility index (Phi) is 6.48. The number of ketones is 2. The molecule has 184 valence electrons. The van der Waals surface area contributed by atoms with Crippen molar-refractivity contribution in [2.45, 2.75) is 20.0 Å². The lowest BCUT2D eigenvalue weighted by molar-refractivity contribution is -0.138. The Bertz CT molecular complexity index is 1590. The maximum Gasteiger partial charge on any atom is 0.339 e. The van der Waals surface area contributed by atoms with E-state index in [9.17, 15) is 19.2 Å². The molecule has 5 rings (SSSR count). The summed E-state index contributed by atoms with van der Waals surface area (Å²) in [7, 11) is 0. The summed E-state index contributed by atoms with van der Waals surface area (Å²) in [5.41, 5.74) is 2.93. The van der Waals surface area contributed by atoms with E-state index in [-0.39, 0.29) is 11.1 Å². The lowest BCUT2D eigenvalue weighted by atomic mass is 9.84. The van der Waals surface area contributed by atoms with E-state index in [1.165, 1.54) is 0 Å². The Hall–Kier alpha value is -4.10. The molecule has 4 aromatic carbocycles. The highest BCUT2D eigenvalue weighted by molar-refractivity contribution is 9.10. The van der Waals surface area contributed by atoms with Gasteiger partial charge in [0.15, 0.2) is 5.78 Å². The number of nitrogens with one attached hydrogen (secondary N) is 1. The first-order valence-electron chi connectivity index (χ1n) is 11.7. The zero-order valence-electron chi connectivity index (χ0n) is 20.1. The number of rotatable bonds is 6. The second-order valence-electron chi connectivity index (χ2n) is 9.05. The van der Waals surface area contributed by atoms with E-state index in [2.05, 4.69) is 21.2 Å². The zero-order chi connectivity index (χ0) is 26.3. The van der Waals surface area contributed by atoms with E-state index in [0.29, 0.717) is 11.3 Å². The van der Waals surface area contributed by atoms with Gasteiger partial charge in [0.2, 0.25) is 5.78 Å². The van der Waals surface area contributed by atoms with Gasteiger partial charge in [-0.2, -0.15) is 0 Å². The van der Waals surface area contributed by atoms with Crippen molar-refractivity contribution >= 4 is 55.8 Å². The molecule has 0 aromatic heterocycles. The lowest BCUT2D eigenvalue weighted by Crippen LogP contribution is -2.38. The van der Waals surface area contributed by atoms with Crippen LogP contribution < -0.4 is 5.32 Å². The molecule has 1 aliphatic heterocycles. The van der Waals surface area contributed by atoms with Crippen LogP contribution in [0.5, 0.6) is 0 Å². The van der Waals surface area contributed by atoms with Gasteiger partial charge in [-0.3, -0.25) is 14.4 Å². The minimum Gasteiger partial charge on any atom is -0.453 e. The number of amides is 1. The van der Waals surface area contributed by atoms with Gasteiger partial charge in [0.25, 0.3) is 5.91 Å². The van der Waals surface area contributed by atoms with Crippen LogP contribution in [0.1, 0.15) is 43.5 Å². The number of halogens is 1. The monoisotopic (exact) mass is 555 g/mol. The van der Waals surface area contributed by atoms with Crippen LogP contribution in [0.15, 0.2) is 83.3 Å². The number of esters is 1. The third-order valence-corrected chi connectivity index (χ3v) is 7.04. The Labute approximate surface area is 221 Å². The predicted molar refractivity (Wildman–Crippen MR) is 144 cm³/mol. The Morgan fingerprint density at radius 1 is 0.865 bits per heavy atom. The summed E-state index contributed by atoms with van der Waals surface area (Å²) in [6.45, 7) is 3.62. The van der Waals surface area contributed by atoms with Crippen molar-refractivity contribution in [3.05, 3.63) is 111 Å². The summed E-state index contributed by atoms with van der Waals surface area (Å²) >= 11 is 3.42. The molecule has 0 saturated heterocycles. The molecule has 37 heavy (non-hydrogen) atoms. The number of ether oxygens (including phenoxy) is 1. The van der Waals surface area contributed by atoms with Crippen LogP contribution in [-0.4, -0.2) is 23.4 Å². The number of carbonyl (C=O) groups is 4. The molecule has 0 bridgehead atoms. The summed E-state index contributed by atoms with van der Waals surface area (Å²) in [6.07, 6.45) is -1.21. The van der Waals surface area contributed by atoms with E-state index in [1.54, 1.807) is 42.5 Å². The van der Waals surface area contributed by atoms with Gasteiger partial charge in [-0.25, -0.2) is 4.79 Å². The SMILES string of the molecule is Cc1cc(Br)cc(C)c1NC(=O)C(=O)[C@@H](C(=O)c1ccc2ccccc2c1)[C@@H]1OC(=O)c2ccccc21. The molecule has 7 heteroatoms. The highest BCUT2D eigenvalue weighted by Crippen LogP contribution is 2.38. The van der Waals surface area contributed by atoms with Crippen molar-refractivity contribution in [2.75, 3.05) is 5.32 Å². The largest absolute Gasteiger partial charge is 0.453 e. The molecule has 0 fully saturated rings. The third kappa shape index (κ3) is 4.58. The van der Waals surface area contributed by atoms with Crippen molar-refractivity contribution in [3.63, 3.8) is 0 Å². The smallest absolute Gasteiger partial charge is 0.339 e. The van der Waals surface area contributed by atoms with Crippen LogP contribution in [-0.2, 0) is 14.3 Å². The Balaban J connectivity index is 1.56. The van der Waals surface area contributed by atoms with Crippen molar-refractivity contribution in [3.8, 4) is 0 Å². The minimum atomic E-state index is -1.55. The fraction of sp³-hybridized carbons (Fsp3) is 0.133. The van der Waals surface area contributed by atoms with Crippen LogP contribution in [0.2, 0.25) is 0 Å². The number of aryl methyl sites for hydroxylation is 2. The molecule has 1 amide bonds. The van der Waals surface area contributed by atoms with Gasteiger partial charge >= 0.3 is 5.97 Å². The number of anilines is 1. The van der Waals surface area contributed by atoms with E-state index < -0.39 is 35.5 Å². The Morgan fingerprint density at radius 2 is 1.51 bits per heavy atom. The normalized spacial score (nSPS) is 15.1. The number of hydrogen-bond acceptors (Lipinski definition) is 5. The van der Waals surface area contributed by atoms with Crippen LogP contribution in [0, 0.1) is 19.8 Å². The fourth-order valence-corrected chi connectivity index (χ4v) is 5.45. The maximum atomic E-state index is 13.9. The number of carbonyl (C=O) groups excluding carboxylic acids is 4. The van der Waals surface area contributed by atoms with Crippen molar-refractivity contribution in [2.24, 2.45) is 5.92 Å². The lowest BCUT2D eigenvalue weighted by Gasteiger charge is -2.22. The first-order chi connectivity index (χ1) is 17.7. The molecule has 0 saturated carbocycles. The van der Waals surface area contributed by atoms with E-state index >= 15 is 0 Å². The Morgan fingerprint density at radius 3 is 2.24 bits per heavy atom. The van der Waals surface area contributed by atoms with Crippen LogP contribution >= 0.6 is 15.9 Å². The van der Waals surface area contributed by atoms with Crippen LogP contribution in [0.3, 0.4) is 0 Å². The molecule has 0 spiro atoms. The number of benzene rings is 4. The van der Waals surface area contributed by atoms with Gasteiger partial charge in [0.05, 0.1) is 5.56 Å². The van der Waals surface area contributed by atoms with Gasteiger partial charge < -0.3 is 10.1 Å². The number of Topliss-reactive ketones (excluding diaryl/α,β-unsaturated/α-hetero) is 2. The zero-order valence-corrected chi connectivity index (χ0v) is 21.7. The molecule has 0 radical (unpaired) electrons. The average molecular weight is 556 g/mol. The number of hydrogen-bond donors (Lipinski definition) is 1. The minimum absolute atomic E-state index is 0.251. The second-order valence-corrected chi connectivity index (χ2v) is 9.97. The van der Waals surface area contributed by atoms with Crippen LogP contribution in [0.25, 0.3) is 10.8 Å². The molecule has 2 atom stereocenters. The van der Waals surface area contributed by atoms with Crippen molar-refractivity contribution in [1.82, 2.24) is 0 Å². The van der Waals surface area contributed by atoms with E-state index in [1.807, 2.05) is 50.2 Å². The van der Waals surface area contributed by atoms with Gasteiger partial charge in [-0.05, 0) is 60.0 Å². The van der Waals surface area contributed by atoms with Crippen molar-refractivity contribution in [1.29, 1.82) is 0 Å². The molecule has 1 N–H and O–H groups in total. The van der Waals surface area contributed by atoms with Gasteiger partial charge in [-0.1, -0.05) is 70.5 Å². The van der Waals surface area contributed by atoms with E-state index in [0.717, 1.165) is 26.4 Å². The first-order valence-corrected chi connectivity index (χ1v) is 12.5. The highest BCUT2D eigenvalue weighted by Gasteiger charge is 2.46. The van der Waals surface area contributed by atoms with Crippen LogP contribution in [0.4, 0.5) is 5.69 Å². The maximum absolute atomic E-state index is 13.9. The molecule has 4 aromatic rings. The summed E-state index contributed by atoms with van der Waals surface area (Å²) in [5.74, 6) is -4.71. The van der Waals surface area contributed by atoms with Crippen molar-refractivity contribution < 1.29 is 23.9 Å². The summed E-state index contributed by atoms with van der Waals surface area (Å²) < 4.78 is 6.38. The summed E-state index contributed by atoms with van der Waals surface area (Å²) in [4.78, 5) is 53.4. The molecule has 1 heterocycles. The average Bonchev–Trinajstić information content (AvgIpc) is 3.21. The second kappa shape index (κ2) is 9.75. The molecule has 0 unspecified atom stereocenters. The molecule has 0 aliphatic carbocycles. The molecule has 6 nitrogen and oxygen atoms in total. The molecular weight excluding hydrogens is 534 g/mol. The number of fused-ring (bicyclic) bond motifs is 2. The summed E-state index contributed by atoms with van der Waals surface area (Å²) in [6, 6.07) is 22.8.